The molecule has 2 rings (SSSR count). The summed E-state index contributed by atoms with van der Waals surface area (Å²) in [5, 5.41) is 22.9. The van der Waals surface area contributed by atoms with Crippen molar-refractivity contribution in [3.8, 4) is 0 Å². The van der Waals surface area contributed by atoms with Crippen molar-refractivity contribution < 1.29 is 5.11 Å². The molecule has 0 aliphatic carbocycles. The Balaban J connectivity index is 1.84. The summed E-state index contributed by atoms with van der Waals surface area (Å²) in [6, 6.07) is 0. The lowest BCUT2D eigenvalue weighted by molar-refractivity contribution is 0.127. The number of hydrogen-bond donors (Lipinski definition) is 2. The van der Waals surface area contributed by atoms with Gasteiger partial charge in [-0.05, 0) is 32.7 Å². The summed E-state index contributed by atoms with van der Waals surface area (Å²) in [6.07, 6.45) is 0.878. The number of aliphatic hydroxyl groups excluding tert-OH is 1. The van der Waals surface area contributed by atoms with Crippen LogP contribution in [0.1, 0.15) is 25.3 Å². The van der Waals surface area contributed by atoms with Crippen LogP contribution >= 0.6 is 11.3 Å². The maximum atomic E-state index is 9.55. The van der Waals surface area contributed by atoms with E-state index in [0.717, 1.165) is 42.7 Å². The van der Waals surface area contributed by atoms with Gasteiger partial charge < -0.3 is 10.4 Å². The maximum absolute atomic E-state index is 9.55. The Hall–Kier alpha value is -0.720. The van der Waals surface area contributed by atoms with Crippen molar-refractivity contribution >= 4 is 16.5 Å². The number of aliphatic hydroxyl groups is 1. The molecule has 2 heterocycles. The van der Waals surface area contributed by atoms with Gasteiger partial charge in [0.05, 0.1) is 12.6 Å². The first-order valence-corrected chi connectivity index (χ1v) is 6.97. The molecule has 1 aromatic heterocycles. The first-order chi connectivity index (χ1) is 8.19. The maximum Gasteiger partial charge on any atom is 0.205 e. The molecular weight excluding hydrogens is 236 g/mol. The number of rotatable bonds is 5. The van der Waals surface area contributed by atoms with E-state index < -0.39 is 0 Å². The molecule has 96 valence electrons. The minimum atomic E-state index is -0.202. The van der Waals surface area contributed by atoms with Crippen molar-refractivity contribution in [3.63, 3.8) is 0 Å². The molecule has 2 unspecified atom stereocenters. The average Bonchev–Trinajstić information content (AvgIpc) is 2.89. The molecule has 6 heteroatoms. The van der Waals surface area contributed by atoms with Gasteiger partial charge in [-0.25, -0.2) is 0 Å². The van der Waals surface area contributed by atoms with Crippen LogP contribution in [0, 0.1) is 5.92 Å². The summed E-state index contributed by atoms with van der Waals surface area (Å²) in [5.41, 5.74) is 0. The molecule has 2 atom stereocenters. The zero-order chi connectivity index (χ0) is 12.3. The van der Waals surface area contributed by atoms with E-state index in [-0.39, 0.29) is 6.10 Å². The van der Waals surface area contributed by atoms with Gasteiger partial charge in [0.1, 0.15) is 5.01 Å². The van der Waals surface area contributed by atoms with E-state index in [9.17, 15) is 5.11 Å². The minimum absolute atomic E-state index is 0.202. The van der Waals surface area contributed by atoms with Gasteiger partial charge in [-0.15, -0.1) is 10.2 Å². The van der Waals surface area contributed by atoms with E-state index in [1.54, 1.807) is 11.3 Å². The highest BCUT2D eigenvalue weighted by atomic mass is 32.1. The Morgan fingerprint density at radius 3 is 3.06 bits per heavy atom. The van der Waals surface area contributed by atoms with Crippen LogP contribution in [0.2, 0.25) is 0 Å². The van der Waals surface area contributed by atoms with Crippen molar-refractivity contribution in [2.75, 3.05) is 25.0 Å². The number of hydrogen-bond acceptors (Lipinski definition) is 6. The van der Waals surface area contributed by atoms with Crippen molar-refractivity contribution in [3.05, 3.63) is 5.01 Å². The van der Waals surface area contributed by atoms with Gasteiger partial charge in [0.25, 0.3) is 0 Å². The summed E-state index contributed by atoms with van der Waals surface area (Å²) in [6.45, 7) is 7.67. The van der Waals surface area contributed by atoms with E-state index >= 15 is 0 Å². The third kappa shape index (κ3) is 3.37. The van der Waals surface area contributed by atoms with Crippen LogP contribution in [0.4, 0.5) is 5.13 Å². The van der Waals surface area contributed by atoms with Gasteiger partial charge in [-0.2, -0.15) is 0 Å². The standard InChI is InChI=1S/C11H20N4OS/c1-3-12-11-14-13-10(17-11)7-15-5-4-9(6-15)8(2)16/h8-9,16H,3-7H2,1-2H3,(H,12,14). The SMILES string of the molecule is CCNc1nnc(CN2CCC(C(C)O)C2)s1. The van der Waals surface area contributed by atoms with Crippen LogP contribution in [-0.4, -0.2) is 45.9 Å². The molecule has 0 bridgehead atoms. The van der Waals surface area contributed by atoms with Gasteiger partial charge >= 0.3 is 0 Å². The summed E-state index contributed by atoms with van der Waals surface area (Å²) in [5.74, 6) is 0.413. The van der Waals surface area contributed by atoms with Gasteiger partial charge in [0.2, 0.25) is 5.13 Å². The predicted molar refractivity (Wildman–Crippen MR) is 69.1 cm³/mol. The highest BCUT2D eigenvalue weighted by Gasteiger charge is 2.26. The summed E-state index contributed by atoms with van der Waals surface area (Å²) in [4.78, 5) is 2.34. The lowest BCUT2D eigenvalue weighted by Crippen LogP contribution is -2.23. The normalized spacial score (nSPS) is 22.9. The van der Waals surface area contributed by atoms with Crippen LogP contribution in [0.25, 0.3) is 0 Å². The Morgan fingerprint density at radius 1 is 1.59 bits per heavy atom. The largest absolute Gasteiger partial charge is 0.393 e. The first-order valence-electron chi connectivity index (χ1n) is 6.15. The number of anilines is 1. The first kappa shape index (κ1) is 12.7. The lowest BCUT2D eigenvalue weighted by atomic mass is 10.0. The van der Waals surface area contributed by atoms with Crippen molar-refractivity contribution in [2.24, 2.45) is 5.92 Å². The van der Waals surface area contributed by atoms with E-state index in [4.69, 9.17) is 0 Å². The van der Waals surface area contributed by atoms with Gasteiger partial charge in [-0.1, -0.05) is 11.3 Å². The second-order valence-electron chi connectivity index (χ2n) is 4.56. The lowest BCUT2D eigenvalue weighted by Gasteiger charge is -2.15. The van der Waals surface area contributed by atoms with Crippen LogP contribution in [0.3, 0.4) is 0 Å². The summed E-state index contributed by atoms with van der Waals surface area (Å²) >= 11 is 1.62. The Bertz CT molecular complexity index is 355. The van der Waals surface area contributed by atoms with Crippen molar-refractivity contribution in [1.29, 1.82) is 0 Å². The molecule has 1 fully saturated rings. The quantitative estimate of drug-likeness (QED) is 0.828. The van der Waals surface area contributed by atoms with Crippen LogP contribution < -0.4 is 5.32 Å². The number of nitrogens with one attached hydrogen (secondary N) is 1. The van der Waals surface area contributed by atoms with Crippen molar-refractivity contribution in [1.82, 2.24) is 15.1 Å². The fourth-order valence-electron chi connectivity index (χ4n) is 2.13. The molecule has 0 amide bonds. The average molecular weight is 256 g/mol. The number of likely N-dealkylation sites (tertiary alicyclic amines) is 1. The van der Waals surface area contributed by atoms with Gasteiger partial charge in [0, 0.05) is 13.1 Å². The summed E-state index contributed by atoms with van der Waals surface area (Å²) in [7, 11) is 0. The third-order valence-corrected chi connectivity index (χ3v) is 4.01. The second-order valence-corrected chi connectivity index (χ2v) is 5.62. The van der Waals surface area contributed by atoms with Crippen LogP contribution in [0.15, 0.2) is 0 Å². The zero-order valence-corrected chi connectivity index (χ0v) is 11.2. The highest BCUT2D eigenvalue weighted by Crippen LogP contribution is 2.23. The van der Waals surface area contributed by atoms with E-state index in [1.165, 1.54) is 0 Å². The second kappa shape index (κ2) is 5.75. The minimum Gasteiger partial charge on any atom is -0.393 e. The zero-order valence-electron chi connectivity index (χ0n) is 10.4. The molecule has 5 nitrogen and oxygen atoms in total. The molecule has 17 heavy (non-hydrogen) atoms. The van der Waals surface area contributed by atoms with E-state index in [0.29, 0.717) is 5.92 Å². The molecule has 0 radical (unpaired) electrons. The number of aromatic nitrogens is 2. The predicted octanol–water partition coefficient (Wildman–Crippen LogP) is 1.17. The summed E-state index contributed by atoms with van der Waals surface area (Å²) < 4.78 is 0. The third-order valence-electron chi connectivity index (χ3n) is 3.14. The van der Waals surface area contributed by atoms with Gasteiger partial charge in [-0.3, -0.25) is 4.90 Å². The molecule has 1 saturated heterocycles. The molecule has 2 N–H and O–H groups in total. The molecule has 0 saturated carbocycles. The Morgan fingerprint density at radius 2 is 2.41 bits per heavy atom. The van der Waals surface area contributed by atoms with E-state index in [2.05, 4.69) is 27.3 Å². The molecule has 1 aromatic rings. The molecule has 1 aliphatic rings. The topological polar surface area (TPSA) is 61.3 Å². The van der Waals surface area contributed by atoms with Gasteiger partial charge in [0.15, 0.2) is 0 Å². The molecule has 0 aromatic carbocycles. The molecular formula is C11H20N4OS. The monoisotopic (exact) mass is 256 g/mol. The molecule has 1 aliphatic heterocycles. The number of nitrogens with zero attached hydrogens (tertiary/aromatic N) is 3. The Labute approximate surface area is 106 Å². The van der Waals surface area contributed by atoms with E-state index in [1.807, 2.05) is 6.92 Å². The molecule has 0 spiro atoms. The van der Waals surface area contributed by atoms with Crippen LogP contribution in [0.5, 0.6) is 0 Å². The highest BCUT2D eigenvalue weighted by molar-refractivity contribution is 7.15. The van der Waals surface area contributed by atoms with Crippen molar-refractivity contribution in [2.45, 2.75) is 32.9 Å². The Kier molecular flexibility index (Phi) is 4.31. The fraction of sp³-hybridized carbons (Fsp3) is 0.818. The van der Waals surface area contributed by atoms with Crippen LogP contribution in [-0.2, 0) is 6.54 Å². The fourth-order valence-corrected chi connectivity index (χ4v) is 2.98. The smallest absolute Gasteiger partial charge is 0.205 e.